The zero-order valence-electron chi connectivity index (χ0n) is 39.6. The largest absolute Gasteiger partial charge is 0.457 e. The lowest BCUT2D eigenvalue weighted by molar-refractivity contribution is -0.305. The van der Waals surface area contributed by atoms with Crippen molar-refractivity contribution < 1.29 is 44.2 Å². The van der Waals surface area contributed by atoms with Gasteiger partial charge in [0.15, 0.2) is 6.29 Å². The zero-order valence-corrected chi connectivity index (χ0v) is 39.6. The molecular formula is C53H94O9. The third kappa shape index (κ3) is 34.3. The summed E-state index contributed by atoms with van der Waals surface area (Å²) in [5.41, 5.74) is 0. The molecular weight excluding hydrogens is 781 g/mol. The summed E-state index contributed by atoms with van der Waals surface area (Å²) < 4.78 is 22.8. The van der Waals surface area contributed by atoms with Crippen LogP contribution in [-0.2, 0) is 23.7 Å². The van der Waals surface area contributed by atoms with Crippen molar-refractivity contribution >= 4 is 5.97 Å². The van der Waals surface area contributed by atoms with Crippen molar-refractivity contribution in [3.8, 4) is 0 Å². The Morgan fingerprint density at radius 2 is 0.984 bits per heavy atom. The summed E-state index contributed by atoms with van der Waals surface area (Å²) in [6.45, 7) is 4.38. The molecule has 360 valence electrons. The first-order valence-electron chi connectivity index (χ1n) is 25.4. The summed E-state index contributed by atoms with van der Waals surface area (Å²) in [5.74, 6) is -0.326. The van der Waals surface area contributed by atoms with E-state index in [1.54, 1.807) is 0 Å². The number of esters is 1. The molecule has 0 saturated carbocycles. The summed E-state index contributed by atoms with van der Waals surface area (Å²) in [7, 11) is 0. The SMILES string of the molecule is CC/C=C\C/C=C\C/C=C\C/C=C\CCCCCOCC(COC1OC(CO)C(O)C(O)C1O)OC(=O)CCCCCCCCCCCCC/C=C\CCCCCCCCCC. The Morgan fingerprint density at radius 1 is 0.532 bits per heavy atom. The number of carbonyl (C=O) groups excluding carboxylic acids is 1. The highest BCUT2D eigenvalue weighted by atomic mass is 16.7. The molecule has 0 radical (unpaired) electrons. The highest BCUT2D eigenvalue weighted by Gasteiger charge is 2.44. The molecule has 6 unspecified atom stereocenters. The Hall–Kier alpha value is -2.11. The maximum absolute atomic E-state index is 12.8. The van der Waals surface area contributed by atoms with E-state index in [4.69, 9.17) is 18.9 Å². The van der Waals surface area contributed by atoms with Crippen LogP contribution >= 0.6 is 0 Å². The Labute approximate surface area is 379 Å². The van der Waals surface area contributed by atoms with Crippen LogP contribution in [0.1, 0.15) is 206 Å². The Balaban J connectivity index is 2.21. The molecule has 1 aliphatic rings. The van der Waals surface area contributed by atoms with E-state index in [0.717, 1.165) is 70.6 Å². The van der Waals surface area contributed by atoms with Crippen molar-refractivity contribution in [3.63, 3.8) is 0 Å². The second-order valence-corrected chi connectivity index (χ2v) is 17.2. The van der Waals surface area contributed by atoms with E-state index in [9.17, 15) is 25.2 Å². The summed E-state index contributed by atoms with van der Waals surface area (Å²) >= 11 is 0. The minimum absolute atomic E-state index is 0.122. The molecule has 0 aliphatic carbocycles. The molecule has 1 rings (SSSR count). The normalized spacial score (nSPS) is 20.3. The van der Waals surface area contributed by atoms with Gasteiger partial charge in [0.05, 0.1) is 19.8 Å². The van der Waals surface area contributed by atoms with Gasteiger partial charge in [0.2, 0.25) is 0 Å². The molecule has 1 saturated heterocycles. The van der Waals surface area contributed by atoms with Gasteiger partial charge >= 0.3 is 5.97 Å². The molecule has 9 heteroatoms. The van der Waals surface area contributed by atoms with Crippen molar-refractivity contribution in [1.29, 1.82) is 0 Å². The second-order valence-electron chi connectivity index (χ2n) is 17.2. The van der Waals surface area contributed by atoms with E-state index in [1.807, 2.05) is 0 Å². The van der Waals surface area contributed by atoms with Crippen LogP contribution in [0.25, 0.3) is 0 Å². The van der Waals surface area contributed by atoms with Crippen LogP contribution in [0.5, 0.6) is 0 Å². The van der Waals surface area contributed by atoms with E-state index < -0.39 is 43.4 Å². The Bertz CT molecular complexity index is 1130. The summed E-state index contributed by atoms with van der Waals surface area (Å²) in [6.07, 6.45) is 49.7. The molecule has 0 bridgehead atoms. The number of aliphatic hydroxyl groups is 4. The molecule has 6 atom stereocenters. The van der Waals surface area contributed by atoms with Gasteiger partial charge in [-0.3, -0.25) is 4.79 Å². The summed E-state index contributed by atoms with van der Waals surface area (Å²) in [5, 5.41) is 40.2. The second kappa shape index (κ2) is 44.1. The maximum atomic E-state index is 12.8. The fraction of sp³-hybridized carbons (Fsp3) is 0.792. The Morgan fingerprint density at radius 3 is 1.50 bits per heavy atom. The molecule has 1 aliphatic heterocycles. The van der Waals surface area contributed by atoms with Gasteiger partial charge in [-0.1, -0.05) is 184 Å². The number of unbranched alkanes of at least 4 members (excludes halogenated alkanes) is 22. The molecule has 1 heterocycles. The van der Waals surface area contributed by atoms with Crippen molar-refractivity contribution in [1.82, 2.24) is 0 Å². The topological polar surface area (TPSA) is 135 Å². The number of hydrogen-bond donors (Lipinski definition) is 4. The van der Waals surface area contributed by atoms with Gasteiger partial charge in [-0.25, -0.2) is 0 Å². The molecule has 0 aromatic heterocycles. The van der Waals surface area contributed by atoms with Crippen LogP contribution in [0.3, 0.4) is 0 Å². The van der Waals surface area contributed by atoms with Crippen LogP contribution in [0.15, 0.2) is 60.8 Å². The van der Waals surface area contributed by atoms with Crippen molar-refractivity contribution in [3.05, 3.63) is 60.8 Å². The van der Waals surface area contributed by atoms with E-state index in [0.29, 0.717) is 13.0 Å². The molecule has 4 N–H and O–H groups in total. The fourth-order valence-corrected chi connectivity index (χ4v) is 7.48. The first kappa shape index (κ1) is 57.9. The molecule has 62 heavy (non-hydrogen) atoms. The molecule has 0 spiro atoms. The lowest BCUT2D eigenvalue weighted by Gasteiger charge is -2.39. The Kier molecular flexibility index (Phi) is 41.2. The monoisotopic (exact) mass is 875 g/mol. The lowest BCUT2D eigenvalue weighted by atomic mass is 9.99. The van der Waals surface area contributed by atoms with Gasteiger partial charge in [0.1, 0.15) is 30.5 Å². The smallest absolute Gasteiger partial charge is 0.306 e. The minimum Gasteiger partial charge on any atom is -0.457 e. The van der Waals surface area contributed by atoms with Crippen molar-refractivity contribution in [2.45, 2.75) is 243 Å². The van der Waals surface area contributed by atoms with Crippen LogP contribution in [0.4, 0.5) is 0 Å². The molecule has 0 amide bonds. The fourth-order valence-electron chi connectivity index (χ4n) is 7.48. The first-order chi connectivity index (χ1) is 30.4. The third-order valence-corrected chi connectivity index (χ3v) is 11.4. The van der Waals surface area contributed by atoms with Gasteiger partial charge < -0.3 is 39.4 Å². The van der Waals surface area contributed by atoms with E-state index in [-0.39, 0.29) is 19.2 Å². The molecule has 1 fully saturated rings. The zero-order chi connectivity index (χ0) is 45.0. The highest BCUT2D eigenvalue weighted by Crippen LogP contribution is 2.23. The van der Waals surface area contributed by atoms with E-state index in [1.165, 1.54) is 116 Å². The van der Waals surface area contributed by atoms with Crippen molar-refractivity contribution in [2.24, 2.45) is 0 Å². The van der Waals surface area contributed by atoms with Crippen LogP contribution in [0, 0.1) is 0 Å². The number of carbonyl (C=O) groups is 1. The number of rotatable bonds is 43. The lowest BCUT2D eigenvalue weighted by Crippen LogP contribution is -2.59. The van der Waals surface area contributed by atoms with Crippen molar-refractivity contribution in [2.75, 3.05) is 26.4 Å². The van der Waals surface area contributed by atoms with Gasteiger partial charge in [-0.15, -0.1) is 0 Å². The van der Waals surface area contributed by atoms with E-state index >= 15 is 0 Å². The van der Waals surface area contributed by atoms with Crippen LogP contribution in [-0.4, -0.2) is 89.6 Å². The average molecular weight is 875 g/mol. The predicted molar refractivity (Wildman–Crippen MR) is 256 cm³/mol. The quantitative estimate of drug-likeness (QED) is 0.0268. The number of allylic oxidation sites excluding steroid dienone is 10. The minimum atomic E-state index is -1.54. The first-order valence-corrected chi connectivity index (χ1v) is 25.4. The van der Waals surface area contributed by atoms with Gasteiger partial charge in [0, 0.05) is 13.0 Å². The maximum Gasteiger partial charge on any atom is 0.306 e. The van der Waals surface area contributed by atoms with Gasteiger partial charge in [-0.05, 0) is 77.0 Å². The molecule has 0 aromatic carbocycles. The third-order valence-electron chi connectivity index (χ3n) is 11.4. The number of aliphatic hydroxyl groups excluding tert-OH is 4. The highest BCUT2D eigenvalue weighted by molar-refractivity contribution is 5.69. The predicted octanol–water partition coefficient (Wildman–Crippen LogP) is 12.3. The standard InChI is InChI=1S/C53H94O9/c1-3-5-7-9-11-13-15-17-19-21-22-23-24-25-26-27-28-30-32-34-36-38-40-42-49(55)61-47(46-60-53-52(58)51(57)50(56)48(44-54)62-53)45-59-43-41-39-37-35-33-31-29-20-18-16-14-12-10-8-6-4-2/h6,8,12,14,18,20-22,31,33,47-48,50-54,56-58H,3-5,7,9-11,13,15-17,19,23-30,32,34-46H2,1-2H3/b8-6-,14-12-,20-18-,22-21-,33-31-. The molecule has 0 aromatic rings. The number of ether oxygens (including phenoxy) is 4. The summed E-state index contributed by atoms with van der Waals surface area (Å²) in [6, 6.07) is 0. The average Bonchev–Trinajstić information content (AvgIpc) is 3.27. The van der Waals surface area contributed by atoms with Gasteiger partial charge in [0.25, 0.3) is 0 Å². The molecule has 9 nitrogen and oxygen atoms in total. The van der Waals surface area contributed by atoms with Crippen LogP contribution in [0.2, 0.25) is 0 Å². The van der Waals surface area contributed by atoms with Crippen LogP contribution < -0.4 is 0 Å². The summed E-state index contributed by atoms with van der Waals surface area (Å²) in [4.78, 5) is 12.8. The van der Waals surface area contributed by atoms with E-state index in [2.05, 4.69) is 74.6 Å². The number of hydrogen-bond acceptors (Lipinski definition) is 9. The van der Waals surface area contributed by atoms with Gasteiger partial charge in [-0.2, -0.15) is 0 Å².